The van der Waals surface area contributed by atoms with Gasteiger partial charge in [0, 0.05) is 12.2 Å². The second-order valence-corrected chi connectivity index (χ2v) is 3.34. The Bertz CT molecular complexity index is 214. The average Bonchev–Trinajstić information content (AvgIpc) is 2.22. The number of carbonyl (C=O) groups is 1. The number of ether oxygens (including phenoxy) is 1. The fourth-order valence-electron chi connectivity index (χ4n) is 0.978. The molecule has 0 aliphatic heterocycles. The van der Waals surface area contributed by atoms with Gasteiger partial charge in [0.25, 0.3) is 0 Å². The van der Waals surface area contributed by atoms with Gasteiger partial charge in [-0.1, -0.05) is 6.58 Å². The van der Waals surface area contributed by atoms with Crippen LogP contribution in [0.2, 0.25) is 0 Å². The van der Waals surface area contributed by atoms with E-state index in [1.165, 1.54) is 6.92 Å². The molecule has 0 aromatic rings. The summed E-state index contributed by atoms with van der Waals surface area (Å²) < 4.78 is 4.91. The molecule has 3 N–H and O–H groups in total. The Hall–Kier alpha value is -0.910. The monoisotopic (exact) mass is 218 g/mol. The molecular weight excluding hydrogens is 200 g/mol. The average molecular weight is 218 g/mol. The molecule has 0 spiro atoms. The lowest BCUT2D eigenvalue weighted by molar-refractivity contribution is -0.152. The van der Waals surface area contributed by atoms with Crippen LogP contribution < -0.4 is 0 Å². The third-order valence-corrected chi connectivity index (χ3v) is 1.87. The van der Waals surface area contributed by atoms with Crippen LogP contribution in [0.15, 0.2) is 12.2 Å². The van der Waals surface area contributed by atoms with E-state index < -0.39 is 24.8 Å². The van der Waals surface area contributed by atoms with Gasteiger partial charge in [-0.05, 0) is 19.8 Å². The molecule has 2 unspecified atom stereocenters. The first-order valence-corrected chi connectivity index (χ1v) is 4.79. The Morgan fingerprint density at radius 3 is 2.47 bits per heavy atom. The van der Waals surface area contributed by atoms with Crippen LogP contribution in [0.1, 0.15) is 19.8 Å². The van der Waals surface area contributed by atoms with Crippen LogP contribution in [-0.4, -0.2) is 46.7 Å². The van der Waals surface area contributed by atoms with E-state index in [4.69, 9.17) is 14.9 Å². The molecule has 0 amide bonds. The van der Waals surface area contributed by atoms with Gasteiger partial charge in [0.2, 0.25) is 0 Å². The molecule has 0 radical (unpaired) electrons. The van der Waals surface area contributed by atoms with E-state index in [9.17, 15) is 9.90 Å². The summed E-state index contributed by atoms with van der Waals surface area (Å²) in [7, 11) is 0. The number of carbonyl (C=O) groups excluding carboxylic acids is 1. The first-order valence-electron chi connectivity index (χ1n) is 4.79. The van der Waals surface area contributed by atoms with Crippen molar-refractivity contribution >= 4 is 5.97 Å². The van der Waals surface area contributed by atoms with Crippen molar-refractivity contribution in [2.45, 2.75) is 32.0 Å². The summed E-state index contributed by atoms with van der Waals surface area (Å²) in [6, 6.07) is 0. The zero-order chi connectivity index (χ0) is 11.8. The Morgan fingerprint density at radius 1 is 1.47 bits per heavy atom. The van der Waals surface area contributed by atoms with Gasteiger partial charge in [0.15, 0.2) is 0 Å². The number of hydrogen-bond donors (Lipinski definition) is 3. The SMILES string of the molecule is C=C(C)C(=O)OC(CCCO)C(O)CO. The maximum absolute atomic E-state index is 11.2. The van der Waals surface area contributed by atoms with Gasteiger partial charge in [0.05, 0.1) is 6.61 Å². The van der Waals surface area contributed by atoms with Crippen molar-refractivity contribution in [3.05, 3.63) is 12.2 Å². The summed E-state index contributed by atoms with van der Waals surface area (Å²) in [5.74, 6) is -0.606. The Labute approximate surface area is 89.0 Å². The lowest BCUT2D eigenvalue weighted by atomic mass is 10.1. The molecule has 15 heavy (non-hydrogen) atoms. The third-order valence-electron chi connectivity index (χ3n) is 1.87. The van der Waals surface area contributed by atoms with Crippen molar-refractivity contribution in [2.24, 2.45) is 0 Å². The highest BCUT2D eigenvalue weighted by Crippen LogP contribution is 2.09. The van der Waals surface area contributed by atoms with E-state index in [0.29, 0.717) is 12.8 Å². The van der Waals surface area contributed by atoms with E-state index in [1.54, 1.807) is 0 Å². The van der Waals surface area contributed by atoms with Crippen molar-refractivity contribution in [1.82, 2.24) is 0 Å². The van der Waals surface area contributed by atoms with Crippen LogP contribution in [0.3, 0.4) is 0 Å². The maximum atomic E-state index is 11.2. The standard InChI is InChI=1S/C10H18O5/c1-7(2)10(14)15-9(4-3-5-11)8(13)6-12/h8-9,11-13H,1,3-6H2,2H3. The van der Waals surface area contributed by atoms with Crippen LogP contribution in [-0.2, 0) is 9.53 Å². The summed E-state index contributed by atoms with van der Waals surface area (Å²) >= 11 is 0. The predicted octanol–water partition coefficient (Wildman–Crippen LogP) is -0.400. The normalized spacial score (nSPS) is 14.4. The van der Waals surface area contributed by atoms with Crippen LogP contribution in [0.25, 0.3) is 0 Å². The van der Waals surface area contributed by atoms with Gasteiger partial charge < -0.3 is 20.1 Å². The van der Waals surface area contributed by atoms with Crippen LogP contribution in [0, 0.1) is 0 Å². The molecule has 5 heteroatoms. The molecule has 0 fully saturated rings. The van der Waals surface area contributed by atoms with Crippen molar-refractivity contribution < 1.29 is 24.9 Å². The quantitative estimate of drug-likeness (QED) is 0.400. The molecule has 0 aliphatic carbocycles. The smallest absolute Gasteiger partial charge is 0.333 e. The zero-order valence-corrected chi connectivity index (χ0v) is 8.85. The van der Waals surface area contributed by atoms with Crippen LogP contribution in [0.4, 0.5) is 0 Å². The van der Waals surface area contributed by atoms with Crippen molar-refractivity contribution in [3.63, 3.8) is 0 Å². The number of hydrogen-bond acceptors (Lipinski definition) is 5. The molecular formula is C10H18O5. The van der Waals surface area contributed by atoms with E-state index in [0.717, 1.165) is 0 Å². The topological polar surface area (TPSA) is 87.0 Å². The van der Waals surface area contributed by atoms with Crippen LogP contribution in [0.5, 0.6) is 0 Å². The van der Waals surface area contributed by atoms with Gasteiger partial charge >= 0.3 is 5.97 Å². The molecule has 0 aliphatic rings. The minimum absolute atomic E-state index is 0.0563. The van der Waals surface area contributed by atoms with Gasteiger partial charge in [-0.3, -0.25) is 0 Å². The first kappa shape index (κ1) is 14.1. The van der Waals surface area contributed by atoms with E-state index in [1.807, 2.05) is 0 Å². The van der Waals surface area contributed by atoms with E-state index in [2.05, 4.69) is 6.58 Å². The molecule has 0 bridgehead atoms. The summed E-state index contributed by atoms with van der Waals surface area (Å²) in [5.41, 5.74) is 0.231. The van der Waals surface area contributed by atoms with Gasteiger partial charge in [0.1, 0.15) is 12.2 Å². The number of rotatable bonds is 7. The summed E-state index contributed by atoms with van der Waals surface area (Å²) in [6.07, 6.45) is -1.23. The Kier molecular flexibility index (Phi) is 6.94. The summed E-state index contributed by atoms with van der Waals surface area (Å²) in [5, 5.41) is 26.7. The van der Waals surface area contributed by atoms with Gasteiger partial charge in [-0.15, -0.1) is 0 Å². The Balaban J connectivity index is 4.23. The molecule has 5 nitrogen and oxygen atoms in total. The van der Waals surface area contributed by atoms with Crippen molar-refractivity contribution in [1.29, 1.82) is 0 Å². The molecule has 0 aromatic heterocycles. The fraction of sp³-hybridized carbons (Fsp3) is 0.700. The third kappa shape index (κ3) is 5.51. The second kappa shape index (κ2) is 7.39. The largest absolute Gasteiger partial charge is 0.456 e. The Morgan fingerprint density at radius 2 is 2.07 bits per heavy atom. The number of aliphatic hydroxyl groups is 3. The fourth-order valence-corrected chi connectivity index (χ4v) is 0.978. The van der Waals surface area contributed by atoms with Crippen molar-refractivity contribution in [2.75, 3.05) is 13.2 Å². The van der Waals surface area contributed by atoms with E-state index >= 15 is 0 Å². The minimum Gasteiger partial charge on any atom is -0.456 e. The summed E-state index contributed by atoms with van der Waals surface area (Å²) in [6.45, 7) is 4.36. The second-order valence-electron chi connectivity index (χ2n) is 3.34. The molecule has 0 rings (SSSR count). The van der Waals surface area contributed by atoms with Crippen LogP contribution >= 0.6 is 0 Å². The number of aliphatic hydroxyl groups excluding tert-OH is 3. The summed E-state index contributed by atoms with van der Waals surface area (Å²) in [4.78, 5) is 11.2. The minimum atomic E-state index is -1.13. The number of esters is 1. The lowest BCUT2D eigenvalue weighted by Crippen LogP contribution is -2.34. The highest BCUT2D eigenvalue weighted by Gasteiger charge is 2.22. The molecule has 2 atom stereocenters. The van der Waals surface area contributed by atoms with Crippen molar-refractivity contribution in [3.8, 4) is 0 Å². The molecule has 0 heterocycles. The lowest BCUT2D eigenvalue weighted by Gasteiger charge is -2.21. The van der Waals surface area contributed by atoms with E-state index in [-0.39, 0.29) is 12.2 Å². The highest BCUT2D eigenvalue weighted by atomic mass is 16.6. The zero-order valence-electron chi connectivity index (χ0n) is 8.85. The van der Waals surface area contributed by atoms with Gasteiger partial charge in [-0.25, -0.2) is 4.79 Å². The molecule has 88 valence electrons. The van der Waals surface area contributed by atoms with Gasteiger partial charge in [-0.2, -0.15) is 0 Å². The molecule has 0 aromatic carbocycles. The highest BCUT2D eigenvalue weighted by molar-refractivity contribution is 5.87. The predicted molar refractivity (Wildman–Crippen MR) is 54.1 cm³/mol. The maximum Gasteiger partial charge on any atom is 0.333 e. The molecule has 0 saturated heterocycles. The first-order chi connectivity index (χ1) is 7.02. The molecule has 0 saturated carbocycles.